The molecule has 24 heavy (non-hydrogen) atoms. The van der Waals surface area contributed by atoms with Crippen molar-refractivity contribution in [2.45, 2.75) is 19.8 Å². The van der Waals surface area contributed by atoms with Gasteiger partial charge in [0.2, 0.25) is 11.8 Å². The lowest BCUT2D eigenvalue weighted by Gasteiger charge is -2.17. The molecular weight excluding hydrogens is 368 g/mol. The summed E-state index contributed by atoms with van der Waals surface area (Å²) in [6.45, 7) is 2.52. The molecule has 2 amide bonds. The summed E-state index contributed by atoms with van der Waals surface area (Å²) in [5.74, 6) is -0.454. The minimum atomic E-state index is -0.331. The van der Waals surface area contributed by atoms with Gasteiger partial charge in [-0.2, -0.15) is 0 Å². The van der Waals surface area contributed by atoms with E-state index < -0.39 is 0 Å². The summed E-state index contributed by atoms with van der Waals surface area (Å²) in [5.41, 5.74) is 2.82. The Kier molecular flexibility index (Phi) is 5.00. The van der Waals surface area contributed by atoms with E-state index in [1.54, 1.807) is 4.90 Å². The highest BCUT2D eigenvalue weighted by Crippen LogP contribution is 2.26. The molecule has 2 aromatic carbocycles. The molecule has 5 heteroatoms. The first-order valence-corrected chi connectivity index (χ1v) is 8.82. The number of anilines is 2. The van der Waals surface area contributed by atoms with Gasteiger partial charge in [0.05, 0.1) is 5.92 Å². The second-order valence-electron chi connectivity index (χ2n) is 5.92. The van der Waals surface area contributed by atoms with Crippen molar-refractivity contribution in [2.24, 2.45) is 5.92 Å². The van der Waals surface area contributed by atoms with Gasteiger partial charge >= 0.3 is 0 Å². The summed E-state index contributed by atoms with van der Waals surface area (Å²) in [7, 11) is 0. The lowest BCUT2D eigenvalue weighted by atomic mass is 10.1. The van der Waals surface area contributed by atoms with Crippen molar-refractivity contribution in [3.05, 3.63) is 58.6 Å². The summed E-state index contributed by atoms with van der Waals surface area (Å²) < 4.78 is 0.903. The van der Waals surface area contributed by atoms with E-state index in [-0.39, 0.29) is 24.2 Å². The van der Waals surface area contributed by atoms with E-state index in [2.05, 4.69) is 28.2 Å². The zero-order chi connectivity index (χ0) is 17.1. The largest absolute Gasteiger partial charge is 0.326 e. The van der Waals surface area contributed by atoms with E-state index >= 15 is 0 Å². The molecule has 1 aliphatic heterocycles. The van der Waals surface area contributed by atoms with Crippen LogP contribution in [0.4, 0.5) is 11.4 Å². The van der Waals surface area contributed by atoms with Crippen molar-refractivity contribution in [1.29, 1.82) is 0 Å². The first-order valence-electron chi connectivity index (χ1n) is 8.02. The lowest BCUT2D eigenvalue weighted by Crippen LogP contribution is -2.28. The van der Waals surface area contributed by atoms with Crippen LogP contribution in [0.1, 0.15) is 18.9 Å². The van der Waals surface area contributed by atoms with E-state index in [1.165, 1.54) is 5.56 Å². The molecule has 0 aliphatic carbocycles. The fourth-order valence-corrected chi connectivity index (χ4v) is 3.25. The Labute approximate surface area is 150 Å². The van der Waals surface area contributed by atoms with E-state index in [4.69, 9.17) is 0 Å². The summed E-state index contributed by atoms with van der Waals surface area (Å²) in [6.07, 6.45) is 1.21. The number of benzene rings is 2. The average molecular weight is 387 g/mol. The van der Waals surface area contributed by atoms with Crippen LogP contribution in [0.25, 0.3) is 0 Å². The third kappa shape index (κ3) is 3.67. The van der Waals surface area contributed by atoms with Crippen LogP contribution in [0.2, 0.25) is 0 Å². The number of halogens is 1. The second kappa shape index (κ2) is 7.18. The smallest absolute Gasteiger partial charge is 0.229 e. The van der Waals surface area contributed by atoms with E-state index in [1.807, 2.05) is 48.5 Å². The highest BCUT2D eigenvalue weighted by atomic mass is 79.9. The van der Waals surface area contributed by atoms with E-state index in [9.17, 15) is 9.59 Å². The predicted molar refractivity (Wildman–Crippen MR) is 99.1 cm³/mol. The lowest BCUT2D eigenvalue weighted by molar-refractivity contribution is -0.122. The van der Waals surface area contributed by atoms with Gasteiger partial charge < -0.3 is 10.2 Å². The molecule has 0 spiro atoms. The minimum Gasteiger partial charge on any atom is -0.326 e. The topological polar surface area (TPSA) is 49.4 Å². The number of hydrogen-bond acceptors (Lipinski definition) is 2. The second-order valence-corrected chi connectivity index (χ2v) is 6.84. The maximum Gasteiger partial charge on any atom is 0.229 e. The number of rotatable bonds is 4. The summed E-state index contributed by atoms with van der Waals surface area (Å²) in [4.78, 5) is 26.4. The Morgan fingerprint density at radius 2 is 2.00 bits per heavy atom. The number of amides is 2. The summed E-state index contributed by atoms with van der Waals surface area (Å²) in [6, 6.07) is 15.4. The molecule has 1 atom stereocenters. The van der Waals surface area contributed by atoms with Gasteiger partial charge in [0, 0.05) is 28.8 Å². The third-order valence-corrected chi connectivity index (χ3v) is 4.74. The van der Waals surface area contributed by atoms with Crippen LogP contribution in [0, 0.1) is 5.92 Å². The van der Waals surface area contributed by atoms with Crippen LogP contribution in [-0.4, -0.2) is 18.4 Å². The van der Waals surface area contributed by atoms with Crippen LogP contribution < -0.4 is 10.2 Å². The molecule has 0 bridgehead atoms. The molecule has 1 saturated heterocycles. The molecular formula is C19H19BrN2O2. The number of aryl methyl sites for hydroxylation is 1. The fraction of sp³-hybridized carbons (Fsp3) is 0.263. The Balaban J connectivity index is 1.68. The quantitative estimate of drug-likeness (QED) is 0.862. The van der Waals surface area contributed by atoms with Gasteiger partial charge in [0.15, 0.2) is 0 Å². The Morgan fingerprint density at radius 1 is 1.25 bits per heavy atom. The van der Waals surface area contributed by atoms with Crippen LogP contribution in [0.5, 0.6) is 0 Å². The molecule has 4 nitrogen and oxygen atoms in total. The average Bonchev–Trinajstić information content (AvgIpc) is 2.97. The fourth-order valence-electron chi connectivity index (χ4n) is 2.85. The van der Waals surface area contributed by atoms with Crippen molar-refractivity contribution >= 4 is 39.1 Å². The molecule has 1 fully saturated rings. The van der Waals surface area contributed by atoms with Crippen LogP contribution in [0.15, 0.2) is 53.0 Å². The number of hydrogen-bond donors (Lipinski definition) is 1. The Morgan fingerprint density at radius 3 is 2.67 bits per heavy atom. The zero-order valence-electron chi connectivity index (χ0n) is 13.5. The monoisotopic (exact) mass is 386 g/mol. The summed E-state index contributed by atoms with van der Waals surface area (Å²) >= 11 is 3.38. The molecule has 0 aromatic heterocycles. The van der Waals surface area contributed by atoms with Gasteiger partial charge in [-0.3, -0.25) is 9.59 Å². The maximum absolute atomic E-state index is 12.4. The molecule has 1 N–H and O–H groups in total. The molecule has 3 rings (SSSR count). The molecule has 1 heterocycles. The number of carbonyl (C=O) groups excluding carboxylic acids is 2. The highest BCUT2D eigenvalue weighted by Gasteiger charge is 2.35. The SMILES string of the molecule is CCc1ccc(N2CC(C(=O)Nc3cccc(Br)c3)CC2=O)cc1. The van der Waals surface area contributed by atoms with Crippen molar-refractivity contribution in [3.8, 4) is 0 Å². The van der Waals surface area contributed by atoms with Gasteiger partial charge in [0.25, 0.3) is 0 Å². The van der Waals surface area contributed by atoms with Gasteiger partial charge in [-0.05, 0) is 42.3 Å². The van der Waals surface area contributed by atoms with Crippen LogP contribution in [0.3, 0.4) is 0 Å². The molecule has 1 unspecified atom stereocenters. The van der Waals surface area contributed by atoms with Crippen molar-refractivity contribution in [2.75, 3.05) is 16.8 Å². The number of nitrogens with zero attached hydrogens (tertiary/aromatic N) is 1. The number of carbonyl (C=O) groups is 2. The first-order chi connectivity index (χ1) is 11.6. The van der Waals surface area contributed by atoms with Gasteiger partial charge in [0.1, 0.15) is 0 Å². The van der Waals surface area contributed by atoms with Crippen molar-refractivity contribution < 1.29 is 9.59 Å². The molecule has 124 valence electrons. The van der Waals surface area contributed by atoms with E-state index in [0.29, 0.717) is 6.54 Å². The van der Waals surface area contributed by atoms with Gasteiger partial charge in [-0.25, -0.2) is 0 Å². The highest BCUT2D eigenvalue weighted by molar-refractivity contribution is 9.10. The third-order valence-electron chi connectivity index (χ3n) is 4.24. The number of nitrogens with one attached hydrogen (secondary N) is 1. The Bertz CT molecular complexity index is 758. The van der Waals surface area contributed by atoms with Gasteiger partial charge in [-0.15, -0.1) is 0 Å². The zero-order valence-corrected chi connectivity index (χ0v) is 15.0. The summed E-state index contributed by atoms with van der Waals surface area (Å²) in [5, 5.41) is 2.89. The maximum atomic E-state index is 12.4. The minimum absolute atomic E-state index is 0.00589. The molecule has 0 saturated carbocycles. The standard InChI is InChI=1S/C19H19BrN2O2/c1-2-13-6-8-17(9-7-13)22-12-14(10-18(22)23)19(24)21-16-5-3-4-15(20)11-16/h3-9,11,14H,2,10,12H2,1H3,(H,21,24). The normalized spacial score (nSPS) is 17.2. The van der Waals surface area contributed by atoms with Crippen LogP contribution in [-0.2, 0) is 16.0 Å². The van der Waals surface area contributed by atoms with Crippen LogP contribution >= 0.6 is 15.9 Å². The molecule has 2 aromatic rings. The predicted octanol–water partition coefficient (Wildman–Crippen LogP) is 4.00. The van der Waals surface area contributed by atoms with Crippen molar-refractivity contribution in [3.63, 3.8) is 0 Å². The molecule has 1 aliphatic rings. The van der Waals surface area contributed by atoms with Gasteiger partial charge in [-0.1, -0.05) is 41.1 Å². The van der Waals surface area contributed by atoms with E-state index in [0.717, 1.165) is 22.3 Å². The van der Waals surface area contributed by atoms with Crippen molar-refractivity contribution in [1.82, 2.24) is 0 Å². The first kappa shape index (κ1) is 16.7. The Hall–Kier alpha value is -2.14. The molecule has 0 radical (unpaired) electrons.